The summed E-state index contributed by atoms with van der Waals surface area (Å²) < 4.78 is 14.7. The van der Waals surface area contributed by atoms with Gasteiger partial charge in [-0.05, 0) is 73.8 Å². The molecule has 2 aromatic carbocycles. The molecule has 0 aliphatic carbocycles. The van der Waals surface area contributed by atoms with Gasteiger partial charge < -0.3 is 5.73 Å². The Bertz CT molecular complexity index is 996. The first-order chi connectivity index (χ1) is 13.6. The number of benzene rings is 2. The van der Waals surface area contributed by atoms with Gasteiger partial charge in [-0.25, -0.2) is 14.4 Å². The highest BCUT2D eigenvalue weighted by Gasteiger charge is 2.11. The fraction of sp³-hybridized carbons (Fsp3) is 0.0909. The monoisotopic (exact) mass is 373 g/mol. The zero-order valence-corrected chi connectivity index (χ0v) is 15.7. The molecule has 0 radical (unpaired) electrons. The van der Waals surface area contributed by atoms with Crippen LogP contribution in [0.1, 0.15) is 16.7 Å². The van der Waals surface area contributed by atoms with Gasteiger partial charge in [0.1, 0.15) is 11.5 Å². The third-order valence-electron chi connectivity index (χ3n) is 3.89. The number of hydrogen-bond donors (Lipinski definition) is 1. The van der Waals surface area contributed by atoms with Gasteiger partial charge in [-0.1, -0.05) is 12.1 Å². The molecule has 0 unspecified atom stereocenters. The van der Waals surface area contributed by atoms with Crippen molar-refractivity contribution in [1.29, 1.82) is 5.26 Å². The van der Waals surface area contributed by atoms with Crippen molar-refractivity contribution in [3.63, 3.8) is 0 Å². The van der Waals surface area contributed by atoms with Gasteiger partial charge in [0.05, 0.1) is 11.6 Å². The van der Waals surface area contributed by atoms with E-state index in [1.807, 2.05) is 6.07 Å². The molecular formula is C22H20FN5. The number of halogens is 1. The lowest BCUT2D eigenvalue weighted by Gasteiger charge is -2.09. The summed E-state index contributed by atoms with van der Waals surface area (Å²) in [7, 11) is 1.50. The van der Waals surface area contributed by atoms with Crippen LogP contribution in [0.3, 0.4) is 0 Å². The highest BCUT2D eigenvalue weighted by Crippen LogP contribution is 2.30. The van der Waals surface area contributed by atoms with Crippen molar-refractivity contribution in [2.24, 2.45) is 15.7 Å². The van der Waals surface area contributed by atoms with Gasteiger partial charge >= 0.3 is 0 Å². The second-order valence-electron chi connectivity index (χ2n) is 5.65. The van der Waals surface area contributed by atoms with E-state index in [0.29, 0.717) is 22.5 Å². The average molecular weight is 373 g/mol. The molecule has 0 amide bonds. The van der Waals surface area contributed by atoms with E-state index >= 15 is 0 Å². The number of amidine groups is 1. The van der Waals surface area contributed by atoms with Gasteiger partial charge in [-0.3, -0.25) is 4.98 Å². The second-order valence-corrected chi connectivity index (χ2v) is 5.65. The fourth-order valence-corrected chi connectivity index (χ4v) is 2.57. The van der Waals surface area contributed by atoms with Crippen LogP contribution in [0.5, 0.6) is 0 Å². The highest BCUT2D eigenvalue weighted by atomic mass is 19.1. The molecule has 6 heteroatoms. The number of nitrogens with zero attached hydrogens (tertiary/aromatic N) is 4. The summed E-state index contributed by atoms with van der Waals surface area (Å²) in [5, 5.41) is 8.88. The maximum atomic E-state index is 14.7. The summed E-state index contributed by atoms with van der Waals surface area (Å²) >= 11 is 0. The molecule has 0 aliphatic heterocycles. The van der Waals surface area contributed by atoms with Crippen LogP contribution in [-0.2, 0) is 0 Å². The van der Waals surface area contributed by atoms with Crippen molar-refractivity contribution in [2.75, 3.05) is 7.05 Å². The van der Waals surface area contributed by atoms with Crippen molar-refractivity contribution in [3.8, 4) is 17.2 Å². The molecule has 0 fully saturated rings. The van der Waals surface area contributed by atoms with E-state index in [9.17, 15) is 4.39 Å². The number of rotatable bonds is 3. The zero-order valence-electron chi connectivity index (χ0n) is 15.7. The highest BCUT2D eigenvalue weighted by molar-refractivity contribution is 6.02. The van der Waals surface area contributed by atoms with Crippen molar-refractivity contribution in [1.82, 2.24) is 4.98 Å². The van der Waals surface area contributed by atoms with E-state index in [4.69, 9.17) is 5.26 Å². The Morgan fingerprint density at radius 1 is 1.14 bits per heavy atom. The summed E-state index contributed by atoms with van der Waals surface area (Å²) in [5.74, 6) is -0.138. The fourth-order valence-electron chi connectivity index (χ4n) is 2.57. The Labute approximate surface area is 163 Å². The summed E-state index contributed by atoms with van der Waals surface area (Å²) in [6.45, 7) is 5.31. The van der Waals surface area contributed by atoms with Crippen molar-refractivity contribution < 1.29 is 4.39 Å². The molecule has 2 N–H and O–H groups in total. The lowest BCUT2D eigenvalue weighted by Crippen LogP contribution is -1.98. The first-order valence-electron chi connectivity index (χ1n) is 8.46. The minimum Gasteiger partial charge on any atom is -0.333 e. The third kappa shape index (κ3) is 4.72. The predicted octanol–water partition coefficient (Wildman–Crippen LogP) is 4.42. The number of aliphatic imine (C=N–C) groups is 2. The Balaban J connectivity index is 0.00000136. The molecule has 1 aromatic heterocycles. The molecule has 0 bridgehead atoms. The van der Waals surface area contributed by atoms with Crippen LogP contribution in [0, 0.1) is 24.1 Å². The average Bonchev–Trinajstić information content (AvgIpc) is 2.75. The lowest BCUT2D eigenvalue weighted by atomic mass is 10.0. The minimum absolute atomic E-state index is 0.216. The molecule has 5 nitrogen and oxygen atoms in total. The van der Waals surface area contributed by atoms with Crippen molar-refractivity contribution in [3.05, 3.63) is 83.4 Å². The molecule has 3 aromatic rings. The molecule has 0 spiro atoms. The van der Waals surface area contributed by atoms with Gasteiger partial charge in [0.2, 0.25) is 0 Å². The van der Waals surface area contributed by atoms with Crippen LogP contribution in [0.2, 0.25) is 0 Å². The van der Waals surface area contributed by atoms with E-state index in [0.717, 1.165) is 11.1 Å². The molecule has 3 rings (SSSR count). The first kappa shape index (κ1) is 20.6. The summed E-state index contributed by atoms with van der Waals surface area (Å²) in [6.07, 6.45) is 3.24. The van der Waals surface area contributed by atoms with Crippen LogP contribution in [0.15, 0.2) is 70.9 Å². The Morgan fingerprint density at radius 2 is 1.86 bits per heavy atom. The largest absolute Gasteiger partial charge is 0.333 e. The second kappa shape index (κ2) is 9.86. The van der Waals surface area contributed by atoms with E-state index in [1.54, 1.807) is 55.7 Å². The molecule has 0 saturated carbocycles. The van der Waals surface area contributed by atoms with Crippen LogP contribution in [-0.4, -0.2) is 24.6 Å². The Hall–Kier alpha value is -3.69. The topological polar surface area (TPSA) is 87.4 Å². The number of aryl methyl sites for hydroxylation is 1. The van der Waals surface area contributed by atoms with Crippen LogP contribution < -0.4 is 5.73 Å². The molecule has 0 atom stereocenters. The maximum absolute atomic E-state index is 14.7. The number of aromatic nitrogens is 1. The SMILES string of the molecule is C=NC(=Nc1c(C)cc(-c2ccc(C#N)cc2)cc1F)c1cccnc1.CN. The minimum atomic E-state index is -0.450. The lowest BCUT2D eigenvalue weighted by molar-refractivity contribution is 0.629. The number of hydrogen-bond acceptors (Lipinski definition) is 4. The summed E-state index contributed by atoms with van der Waals surface area (Å²) in [5.41, 5.74) is 8.17. The van der Waals surface area contributed by atoms with Crippen LogP contribution >= 0.6 is 0 Å². The van der Waals surface area contributed by atoms with Gasteiger partial charge in [0.25, 0.3) is 0 Å². The standard InChI is InChI=1S/C21H15FN4.CH5N/c1-14-10-18(16-7-5-15(12-23)6-8-16)11-19(22)20(14)26-21(24-2)17-4-3-9-25-13-17;1-2/h3-11,13H,2H2,1H3;2H2,1H3. The molecule has 140 valence electrons. The smallest absolute Gasteiger partial charge is 0.160 e. The Kier molecular flexibility index (Phi) is 7.26. The number of pyridine rings is 1. The molecule has 28 heavy (non-hydrogen) atoms. The number of nitriles is 1. The van der Waals surface area contributed by atoms with Crippen molar-refractivity contribution >= 4 is 18.2 Å². The first-order valence-corrected chi connectivity index (χ1v) is 8.46. The van der Waals surface area contributed by atoms with Gasteiger partial charge in [-0.15, -0.1) is 0 Å². The van der Waals surface area contributed by atoms with Gasteiger partial charge in [0.15, 0.2) is 5.84 Å². The van der Waals surface area contributed by atoms with E-state index in [2.05, 4.69) is 33.5 Å². The van der Waals surface area contributed by atoms with E-state index < -0.39 is 5.82 Å². The maximum Gasteiger partial charge on any atom is 0.160 e. The summed E-state index contributed by atoms with van der Waals surface area (Å²) in [4.78, 5) is 12.3. The van der Waals surface area contributed by atoms with Crippen molar-refractivity contribution in [2.45, 2.75) is 6.92 Å². The summed E-state index contributed by atoms with van der Waals surface area (Å²) in [6, 6.07) is 15.9. The van der Waals surface area contributed by atoms with Gasteiger partial charge in [-0.2, -0.15) is 5.26 Å². The van der Waals surface area contributed by atoms with E-state index in [-0.39, 0.29) is 5.69 Å². The Morgan fingerprint density at radius 3 is 2.39 bits per heavy atom. The molecule has 0 aliphatic rings. The van der Waals surface area contributed by atoms with Crippen LogP contribution in [0.4, 0.5) is 10.1 Å². The third-order valence-corrected chi connectivity index (χ3v) is 3.89. The quantitative estimate of drug-likeness (QED) is 0.544. The molecule has 0 saturated heterocycles. The number of nitrogens with two attached hydrogens (primary N) is 1. The molecular weight excluding hydrogens is 353 g/mol. The zero-order chi connectivity index (χ0) is 20.5. The van der Waals surface area contributed by atoms with E-state index in [1.165, 1.54) is 13.1 Å². The van der Waals surface area contributed by atoms with Gasteiger partial charge in [0, 0.05) is 18.0 Å². The predicted molar refractivity (Wildman–Crippen MR) is 111 cm³/mol. The molecule has 1 heterocycles. The normalized spacial score (nSPS) is 10.5. The van der Waals surface area contributed by atoms with Crippen LogP contribution in [0.25, 0.3) is 11.1 Å².